The minimum atomic E-state index is -0.222. The molecule has 0 saturated heterocycles. The van der Waals surface area contributed by atoms with Crippen LogP contribution in [0.3, 0.4) is 0 Å². The molecule has 8 heteroatoms. The Kier molecular flexibility index (Phi) is 5.15. The van der Waals surface area contributed by atoms with E-state index in [1.807, 2.05) is 18.3 Å². The molecule has 0 aliphatic carbocycles. The molecule has 0 bridgehead atoms. The van der Waals surface area contributed by atoms with Gasteiger partial charge in [0, 0.05) is 42.5 Å². The van der Waals surface area contributed by atoms with Gasteiger partial charge in [-0.1, -0.05) is 0 Å². The zero-order valence-electron chi connectivity index (χ0n) is 15.8. The summed E-state index contributed by atoms with van der Waals surface area (Å²) in [5, 5.41) is 9.88. The van der Waals surface area contributed by atoms with Gasteiger partial charge < -0.3 is 20.1 Å². The molecule has 3 aromatic rings. The predicted molar refractivity (Wildman–Crippen MR) is 106 cm³/mol. The molecular formula is C21H20N4O4. The number of anilines is 1. The Balaban J connectivity index is 1.42. The maximum atomic E-state index is 12.5. The molecule has 0 spiro atoms. The van der Waals surface area contributed by atoms with Gasteiger partial charge >= 0.3 is 0 Å². The fourth-order valence-electron chi connectivity index (χ4n) is 2.91. The van der Waals surface area contributed by atoms with Crippen LogP contribution in [0.15, 0.2) is 54.9 Å². The number of benzene rings is 2. The van der Waals surface area contributed by atoms with Crippen LogP contribution in [-0.2, 0) is 11.3 Å². The molecule has 29 heavy (non-hydrogen) atoms. The predicted octanol–water partition coefficient (Wildman–Crippen LogP) is 2.53. The van der Waals surface area contributed by atoms with Crippen molar-refractivity contribution in [3.63, 3.8) is 0 Å². The maximum Gasteiger partial charge on any atom is 0.255 e. The number of ether oxygens (including phenoxy) is 2. The van der Waals surface area contributed by atoms with Gasteiger partial charge in [0.15, 0.2) is 11.5 Å². The average molecular weight is 392 g/mol. The van der Waals surface area contributed by atoms with Crippen molar-refractivity contribution in [1.82, 2.24) is 15.1 Å². The number of fused-ring (bicyclic) bond motifs is 1. The molecule has 0 atom stereocenters. The van der Waals surface area contributed by atoms with Crippen LogP contribution >= 0.6 is 0 Å². The summed E-state index contributed by atoms with van der Waals surface area (Å²) < 4.78 is 12.7. The molecule has 0 fully saturated rings. The van der Waals surface area contributed by atoms with Crippen molar-refractivity contribution in [1.29, 1.82) is 0 Å². The molecule has 2 aromatic carbocycles. The van der Waals surface area contributed by atoms with Gasteiger partial charge in [0.2, 0.25) is 5.91 Å². The Morgan fingerprint density at radius 2 is 1.83 bits per heavy atom. The third kappa shape index (κ3) is 4.37. The molecule has 2 heterocycles. The van der Waals surface area contributed by atoms with E-state index in [1.165, 1.54) is 6.92 Å². The van der Waals surface area contributed by atoms with Crippen molar-refractivity contribution in [2.24, 2.45) is 0 Å². The Morgan fingerprint density at radius 1 is 1.07 bits per heavy atom. The first-order valence-corrected chi connectivity index (χ1v) is 9.18. The van der Waals surface area contributed by atoms with E-state index in [-0.39, 0.29) is 11.8 Å². The van der Waals surface area contributed by atoms with Crippen LogP contribution in [-0.4, -0.2) is 34.8 Å². The van der Waals surface area contributed by atoms with Gasteiger partial charge in [-0.15, -0.1) is 0 Å². The first-order chi connectivity index (χ1) is 14.1. The van der Waals surface area contributed by atoms with Gasteiger partial charge in [-0.3, -0.25) is 9.59 Å². The van der Waals surface area contributed by atoms with Crippen LogP contribution < -0.4 is 20.1 Å². The van der Waals surface area contributed by atoms with Gasteiger partial charge in [0.1, 0.15) is 13.2 Å². The fourth-order valence-corrected chi connectivity index (χ4v) is 2.91. The molecular weight excluding hydrogens is 372 g/mol. The SMILES string of the molecule is CC(=O)NCc1cnn(-c2ccc(C(=O)Nc3ccc4c(c3)OCCO4)cc2)c1. The minimum absolute atomic E-state index is 0.0915. The molecule has 8 nitrogen and oxygen atoms in total. The first kappa shape index (κ1) is 18.5. The van der Waals surface area contributed by atoms with Crippen LogP contribution in [0.5, 0.6) is 11.5 Å². The number of nitrogens with zero attached hydrogens (tertiary/aromatic N) is 2. The van der Waals surface area contributed by atoms with E-state index in [0.717, 1.165) is 11.3 Å². The smallest absolute Gasteiger partial charge is 0.255 e. The Labute approximate surface area is 167 Å². The molecule has 0 saturated carbocycles. The molecule has 2 amide bonds. The van der Waals surface area contributed by atoms with E-state index in [2.05, 4.69) is 15.7 Å². The fraction of sp³-hybridized carbons (Fsp3) is 0.190. The summed E-state index contributed by atoms with van der Waals surface area (Å²) in [6, 6.07) is 12.4. The third-order valence-corrected chi connectivity index (χ3v) is 4.37. The van der Waals surface area contributed by atoms with E-state index < -0.39 is 0 Å². The Bertz CT molecular complexity index is 1040. The number of hydrogen-bond acceptors (Lipinski definition) is 5. The van der Waals surface area contributed by atoms with E-state index in [0.29, 0.717) is 42.5 Å². The van der Waals surface area contributed by atoms with Crippen LogP contribution in [0.2, 0.25) is 0 Å². The number of carbonyl (C=O) groups is 2. The van der Waals surface area contributed by atoms with Crippen molar-refractivity contribution in [2.75, 3.05) is 18.5 Å². The average Bonchev–Trinajstić information content (AvgIpc) is 3.21. The van der Waals surface area contributed by atoms with Crippen molar-refractivity contribution in [2.45, 2.75) is 13.5 Å². The van der Waals surface area contributed by atoms with Gasteiger partial charge in [0.05, 0.1) is 11.9 Å². The highest BCUT2D eigenvalue weighted by Gasteiger charge is 2.13. The third-order valence-electron chi connectivity index (χ3n) is 4.37. The highest BCUT2D eigenvalue weighted by Crippen LogP contribution is 2.32. The normalized spacial score (nSPS) is 12.3. The molecule has 1 aromatic heterocycles. The summed E-state index contributed by atoms with van der Waals surface area (Å²) in [5.74, 6) is 0.986. The number of hydrogen-bond donors (Lipinski definition) is 2. The lowest BCUT2D eigenvalue weighted by Crippen LogP contribution is -2.18. The van der Waals surface area contributed by atoms with Crippen molar-refractivity contribution < 1.29 is 19.1 Å². The van der Waals surface area contributed by atoms with Crippen LogP contribution in [0, 0.1) is 0 Å². The number of carbonyl (C=O) groups excluding carboxylic acids is 2. The highest BCUT2D eigenvalue weighted by molar-refractivity contribution is 6.04. The van der Waals surface area contributed by atoms with Gasteiger partial charge in [-0.2, -0.15) is 5.10 Å². The summed E-state index contributed by atoms with van der Waals surface area (Å²) in [6.07, 6.45) is 3.53. The van der Waals surface area contributed by atoms with E-state index in [9.17, 15) is 9.59 Å². The zero-order valence-corrected chi connectivity index (χ0v) is 15.8. The number of rotatable bonds is 5. The largest absolute Gasteiger partial charge is 0.486 e. The standard InChI is InChI=1S/C21H20N4O4/c1-14(26)22-11-15-12-23-25(13-15)18-5-2-16(3-6-18)21(27)24-17-4-7-19-20(10-17)29-9-8-28-19/h2-7,10,12-13H,8-9,11H2,1H3,(H,22,26)(H,24,27). The highest BCUT2D eigenvalue weighted by atomic mass is 16.6. The summed E-state index contributed by atoms with van der Waals surface area (Å²) in [6.45, 7) is 2.91. The number of aromatic nitrogens is 2. The zero-order chi connectivity index (χ0) is 20.2. The van der Waals surface area contributed by atoms with E-state index >= 15 is 0 Å². The number of amides is 2. The van der Waals surface area contributed by atoms with E-state index in [1.54, 1.807) is 41.2 Å². The van der Waals surface area contributed by atoms with Crippen LogP contribution in [0.1, 0.15) is 22.8 Å². The van der Waals surface area contributed by atoms with E-state index in [4.69, 9.17) is 9.47 Å². The summed E-state index contributed by atoms with van der Waals surface area (Å²) in [4.78, 5) is 23.5. The van der Waals surface area contributed by atoms with Gasteiger partial charge in [-0.05, 0) is 36.4 Å². The second-order valence-electron chi connectivity index (χ2n) is 6.56. The van der Waals surface area contributed by atoms with Gasteiger partial charge in [0.25, 0.3) is 5.91 Å². The van der Waals surface area contributed by atoms with Crippen molar-refractivity contribution in [3.05, 3.63) is 66.0 Å². The van der Waals surface area contributed by atoms with Crippen molar-refractivity contribution >= 4 is 17.5 Å². The molecule has 4 rings (SSSR count). The molecule has 2 N–H and O–H groups in total. The molecule has 1 aliphatic heterocycles. The monoisotopic (exact) mass is 392 g/mol. The number of nitrogens with one attached hydrogen (secondary N) is 2. The molecule has 0 radical (unpaired) electrons. The Hall–Kier alpha value is -3.81. The van der Waals surface area contributed by atoms with Gasteiger partial charge in [-0.25, -0.2) is 4.68 Å². The summed E-state index contributed by atoms with van der Waals surface area (Å²) >= 11 is 0. The quantitative estimate of drug-likeness (QED) is 0.696. The second kappa shape index (κ2) is 8.05. The summed E-state index contributed by atoms with van der Waals surface area (Å²) in [5.41, 5.74) is 2.86. The minimum Gasteiger partial charge on any atom is -0.486 e. The summed E-state index contributed by atoms with van der Waals surface area (Å²) in [7, 11) is 0. The lowest BCUT2D eigenvalue weighted by atomic mass is 10.2. The maximum absolute atomic E-state index is 12.5. The lowest BCUT2D eigenvalue weighted by Gasteiger charge is -2.19. The molecule has 0 unspecified atom stereocenters. The molecule has 1 aliphatic rings. The second-order valence-corrected chi connectivity index (χ2v) is 6.56. The van der Waals surface area contributed by atoms with Crippen LogP contribution in [0.4, 0.5) is 5.69 Å². The Morgan fingerprint density at radius 3 is 2.59 bits per heavy atom. The first-order valence-electron chi connectivity index (χ1n) is 9.18. The molecule has 148 valence electrons. The van der Waals surface area contributed by atoms with Crippen LogP contribution in [0.25, 0.3) is 5.69 Å². The van der Waals surface area contributed by atoms with Crippen molar-refractivity contribution in [3.8, 4) is 17.2 Å². The topological polar surface area (TPSA) is 94.5 Å². The lowest BCUT2D eigenvalue weighted by molar-refractivity contribution is -0.119.